The molecule has 0 spiro atoms. The summed E-state index contributed by atoms with van der Waals surface area (Å²) in [4.78, 5) is 12.4. The lowest BCUT2D eigenvalue weighted by Crippen LogP contribution is -2.45. The first-order valence-corrected chi connectivity index (χ1v) is 8.63. The molecule has 1 saturated carbocycles. The van der Waals surface area contributed by atoms with Crippen molar-refractivity contribution in [3.8, 4) is 0 Å². The van der Waals surface area contributed by atoms with Gasteiger partial charge in [-0.25, -0.2) is 0 Å². The maximum absolute atomic E-state index is 12.4. The van der Waals surface area contributed by atoms with Crippen molar-refractivity contribution in [2.75, 3.05) is 0 Å². The number of allylic oxidation sites excluding steroid dienone is 2. The van der Waals surface area contributed by atoms with Crippen LogP contribution in [0.2, 0.25) is 0 Å². The highest BCUT2D eigenvalue weighted by Crippen LogP contribution is 2.25. The van der Waals surface area contributed by atoms with Gasteiger partial charge in [-0.2, -0.15) is 0 Å². The molecule has 3 nitrogen and oxygen atoms in total. The van der Waals surface area contributed by atoms with Crippen molar-refractivity contribution in [1.29, 1.82) is 5.41 Å². The highest BCUT2D eigenvalue weighted by Gasteiger charge is 2.26. The van der Waals surface area contributed by atoms with Crippen LogP contribution in [-0.4, -0.2) is 17.2 Å². The number of amides is 1. The lowest BCUT2D eigenvalue weighted by molar-refractivity contribution is -0.118. The summed E-state index contributed by atoms with van der Waals surface area (Å²) in [5.74, 6) is -0.0723. The fraction of sp³-hybridized carbons (Fsp3) is 0.632. The third-order valence-electron chi connectivity index (χ3n) is 4.76. The molecule has 22 heavy (non-hydrogen) atoms. The highest BCUT2D eigenvalue weighted by atomic mass is 16.1. The Labute approximate surface area is 134 Å². The summed E-state index contributed by atoms with van der Waals surface area (Å²) in [6.07, 6.45) is 13.8. The maximum Gasteiger partial charge on any atom is 0.245 e. The molecule has 0 bridgehead atoms. The summed E-state index contributed by atoms with van der Waals surface area (Å²) in [5.41, 5.74) is 4.97. The SMILES string of the molecule is CCC1=C=CC(=CC(=O)NC2(C)CCCCCCCC2)C1=N. The molecule has 1 amide bonds. The first-order chi connectivity index (χ1) is 10.5. The average Bonchev–Trinajstić information content (AvgIpc) is 2.86. The minimum absolute atomic E-state index is 0.0723. The fourth-order valence-corrected chi connectivity index (χ4v) is 3.34. The third-order valence-corrected chi connectivity index (χ3v) is 4.76. The van der Waals surface area contributed by atoms with E-state index in [2.05, 4.69) is 18.0 Å². The second kappa shape index (κ2) is 7.60. The van der Waals surface area contributed by atoms with Crippen molar-refractivity contribution in [3.63, 3.8) is 0 Å². The molecule has 2 aliphatic rings. The van der Waals surface area contributed by atoms with Crippen molar-refractivity contribution in [3.05, 3.63) is 29.0 Å². The number of rotatable bonds is 3. The number of carbonyl (C=O) groups excluding carboxylic acids is 1. The van der Waals surface area contributed by atoms with Gasteiger partial charge in [0.1, 0.15) is 0 Å². The highest BCUT2D eigenvalue weighted by molar-refractivity contribution is 6.16. The molecule has 0 aromatic carbocycles. The number of hydrogen-bond donors (Lipinski definition) is 2. The van der Waals surface area contributed by atoms with Gasteiger partial charge >= 0.3 is 0 Å². The van der Waals surface area contributed by atoms with E-state index in [4.69, 9.17) is 5.41 Å². The van der Waals surface area contributed by atoms with Gasteiger partial charge in [-0.3, -0.25) is 10.2 Å². The summed E-state index contributed by atoms with van der Waals surface area (Å²) >= 11 is 0. The largest absolute Gasteiger partial charge is 0.347 e. The van der Waals surface area contributed by atoms with Crippen LogP contribution in [0.3, 0.4) is 0 Å². The fourth-order valence-electron chi connectivity index (χ4n) is 3.34. The van der Waals surface area contributed by atoms with E-state index in [9.17, 15) is 4.79 Å². The van der Waals surface area contributed by atoms with E-state index in [1.165, 1.54) is 38.5 Å². The quantitative estimate of drug-likeness (QED) is 0.587. The summed E-state index contributed by atoms with van der Waals surface area (Å²) < 4.78 is 0. The summed E-state index contributed by atoms with van der Waals surface area (Å²) in [7, 11) is 0. The number of nitrogens with one attached hydrogen (secondary N) is 2. The third kappa shape index (κ3) is 4.45. The Kier molecular flexibility index (Phi) is 5.79. The predicted octanol–water partition coefficient (Wildman–Crippen LogP) is 4.45. The molecule has 2 aliphatic carbocycles. The van der Waals surface area contributed by atoms with Crippen LogP contribution in [0, 0.1) is 5.41 Å². The Morgan fingerprint density at radius 1 is 1.27 bits per heavy atom. The second-order valence-electron chi connectivity index (χ2n) is 6.77. The number of hydrogen-bond acceptors (Lipinski definition) is 2. The molecule has 0 aliphatic heterocycles. The van der Waals surface area contributed by atoms with Crippen LogP contribution in [0.4, 0.5) is 0 Å². The smallest absolute Gasteiger partial charge is 0.245 e. The zero-order chi connectivity index (χ0) is 16.0. The molecule has 0 radical (unpaired) electrons. The van der Waals surface area contributed by atoms with Gasteiger partial charge in [-0.05, 0) is 32.3 Å². The van der Waals surface area contributed by atoms with E-state index < -0.39 is 0 Å². The van der Waals surface area contributed by atoms with Crippen molar-refractivity contribution < 1.29 is 4.79 Å². The topological polar surface area (TPSA) is 53.0 Å². The normalized spacial score (nSPS) is 23.6. The summed E-state index contributed by atoms with van der Waals surface area (Å²) in [5, 5.41) is 11.2. The molecule has 0 aromatic heterocycles. The van der Waals surface area contributed by atoms with Crippen LogP contribution in [0.1, 0.15) is 71.6 Å². The molecule has 0 heterocycles. The van der Waals surface area contributed by atoms with E-state index in [0.29, 0.717) is 11.3 Å². The lowest BCUT2D eigenvalue weighted by atomic mass is 9.89. The van der Waals surface area contributed by atoms with Gasteiger partial charge in [-0.15, -0.1) is 5.73 Å². The Hall–Kier alpha value is -1.60. The van der Waals surface area contributed by atoms with Gasteiger partial charge in [0.15, 0.2) is 0 Å². The van der Waals surface area contributed by atoms with E-state index in [1.54, 1.807) is 12.2 Å². The monoisotopic (exact) mass is 300 g/mol. The zero-order valence-corrected chi connectivity index (χ0v) is 13.9. The van der Waals surface area contributed by atoms with Crippen molar-refractivity contribution in [2.45, 2.75) is 77.2 Å². The zero-order valence-electron chi connectivity index (χ0n) is 13.9. The molecule has 1 fully saturated rings. The Morgan fingerprint density at radius 2 is 1.86 bits per heavy atom. The summed E-state index contributed by atoms with van der Waals surface area (Å²) in [6.45, 7) is 4.17. The second-order valence-corrected chi connectivity index (χ2v) is 6.77. The van der Waals surface area contributed by atoms with Gasteiger partial charge in [0.05, 0.1) is 5.71 Å². The van der Waals surface area contributed by atoms with Crippen LogP contribution < -0.4 is 5.32 Å². The van der Waals surface area contributed by atoms with Crippen molar-refractivity contribution in [2.24, 2.45) is 0 Å². The van der Waals surface area contributed by atoms with Crippen molar-refractivity contribution in [1.82, 2.24) is 5.32 Å². The minimum Gasteiger partial charge on any atom is -0.347 e. The van der Waals surface area contributed by atoms with Crippen LogP contribution in [0.5, 0.6) is 0 Å². The van der Waals surface area contributed by atoms with Crippen LogP contribution in [0.25, 0.3) is 0 Å². The van der Waals surface area contributed by atoms with Gasteiger partial charge < -0.3 is 5.32 Å². The molecule has 0 aromatic rings. The first kappa shape index (κ1) is 16.8. The summed E-state index contributed by atoms with van der Waals surface area (Å²) in [6, 6.07) is 0. The first-order valence-electron chi connectivity index (χ1n) is 8.63. The Morgan fingerprint density at radius 3 is 2.41 bits per heavy atom. The van der Waals surface area contributed by atoms with E-state index in [-0.39, 0.29) is 11.4 Å². The standard InChI is InChI=1S/C19H28N2O/c1-3-15-10-11-16(18(15)20)14-17(22)21-19(2)12-8-6-4-5-7-9-13-19/h11,14,20H,3-9,12-13H2,1-2H3,(H,21,22). The molecule has 0 saturated heterocycles. The van der Waals surface area contributed by atoms with Crippen LogP contribution in [0.15, 0.2) is 29.0 Å². The van der Waals surface area contributed by atoms with Gasteiger partial charge in [0.2, 0.25) is 5.91 Å². The van der Waals surface area contributed by atoms with E-state index in [0.717, 1.165) is 24.8 Å². The van der Waals surface area contributed by atoms with Crippen LogP contribution in [-0.2, 0) is 4.79 Å². The van der Waals surface area contributed by atoms with E-state index in [1.807, 2.05) is 6.92 Å². The Balaban J connectivity index is 1.98. The predicted molar refractivity (Wildman–Crippen MR) is 91.2 cm³/mol. The molecule has 3 heteroatoms. The number of carbonyl (C=O) groups is 1. The van der Waals surface area contributed by atoms with Gasteiger partial charge in [0, 0.05) is 22.8 Å². The maximum atomic E-state index is 12.4. The molecule has 0 atom stereocenters. The minimum atomic E-state index is -0.107. The van der Waals surface area contributed by atoms with E-state index >= 15 is 0 Å². The molecule has 2 N–H and O–H groups in total. The molecule has 2 rings (SSSR count). The Bertz CT molecular complexity index is 526. The van der Waals surface area contributed by atoms with Gasteiger partial charge in [-0.1, -0.05) is 45.4 Å². The van der Waals surface area contributed by atoms with Gasteiger partial charge in [0.25, 0.3) is 0 Å². The van der Waals surface area contributed by atoms with Crippen LogP contribution >= 0.6 is 0 Å². The molecule has 120 valence electrons. The molecular weight excluding hydrogens is 272 g/mol. The lowest BCUT2D eigenvalue weighted by Gasteiger charge is -2.30. The molecule has 0 unspecified atom stereocenters. The molecular formula is C19H28N2O. The van der Waals surface area contributed by atoms with Crippen molar-refractivity contribution >= 4 is 11.6 Å². The average molecular weight is 300 g/mol.